The highest BCUT2D eigenvalue weighted by atomic mass is 31.2. The zero-order chi connectivity index (χ0) is 20.9. The fraction of sp³-hybridized carbons (Fsp3) is 0.529. The van der Waals surface area contributed by atoms with E-state index in [0.717, 1.165) is 26.1 Å². The number of hydrogen-bond acceptors (Lipinski definition) is 4. The summed E-state index contributed by atoms with van der Waals surface area (Å²) >= 11 is 0. The number of ether oxygens (including phenoxy) is 1. The number of rotatable bonds is 6. The lowest BCUT2D eigenvalue weighted by Gasteiger charge is -2.14. The van der Waals surface area contributed by atoms with Crippen molar-refractivity contribution in [2.45, 2.75) is 40.0 Å². The molecule has 2 rings (SSSR count). The Hall–Kier alpha value is -1.77. The van der Waals surface area contributed by atoms with Crippen molar-refractivity contribution in [3.05, 3.63) is 30.3 Å². The van der Waals surface area contributed by atoms with Crippen molar-refractivity contribution in [1.82, 2.24) is 5.43 Å². The molecule has 9 nitrogen and oxygen atoms in total. The minimum atomic E-state index is -4.64. The third-order valence-electron chi connectivity index (χ3n) is 3.33. The van der Waals surface area contributed by atoms with Gasteiger partial charge in [-0.2, -0.15) is 0 Å². The van der Waals surface area contributed by atoms with E-state index in [1.165, 1.54) is 5.01 Å². The van der Waals surface area contributed by atoms with Gasteiger partial charge in [0.2, 0.25) is 0 Å². The summed E-state index contributed by atoms with van der Waals surface area (Å²) in [6.45, 7) is 7.71. The van der Waals surface area contributed by atoms with Gasteiger partial charge >= 0.3 is 7.82 Å². The fourth-order valence-electron chi connectivity index (χ4n) is 2.15. The molecule has 1 atom stereocenters. The Morgan fingerprint density at radius 3 is 2.00 bits per heavy atom. The molecule has 1 aliphatic rings. The smallest absolute Gasteiger partial charge is 0.382 e. The molecule has 1 unspecified atom stereocenters. The van der Waals surface area contributed by atoms with Gasteiger partial charge in [0.1, 0.15) is 5.92 Å². The Kier molecular flexibility index (Phi) is 12.5. The van der Waals surface area contributed by atoms with Gasteiger partial charge in [0.15, 0.2) is 0 Å². The Morgan fingerprint density at radius 2 is 1.59 bits per heavy atom. The average molecular weight is 404 g/mol. The summed E-state index contributed by atoms with van der Waals surface area (Å²) in [4.78, 5) is 45.3. The normalized spacial score (nSPS) is 16.1. The van der Waals surface area contributed by atoms with Crippen molar-refractivity contribution in [2.75, 3.05) is 18.2 Å². The number of carbonyl (C=O) groups excluding carboxylic acids is 2. The molecular weight excluding hydrogens is 375 g/mol. The Balaban J connectivity index is 0.000000563. The highest BCUT2D eigenvalue weighted by Gasteiger charge is 2.39. The number of amides is 2. The number of carbonyl (C=O) groups is 2. The summed E-state index contributed by atoms with van der Waals surface area (Å²) in [6, 6.07) is 9.17. The number of unbranched alkanes of at least 4 members (excludes halogenated alkanes) is 1. The number of anilines is 1. The van der Waals surface area contributed by atoms with Crippen molar-refractivity contribution in [1.29, 1.82) is 0 Å². The van der Waals surface area contributed by atoms with Gasteiger partial charge in [0.25, 0.3) is 11.8 Å². The van der Waals surface area contributed by atoms with Gasteiger partial charge in [0, 0.05) is 13.2 Å². The number of para-hydroxylation sites is 1. The molecule has 154 valence electrons. The van der Waals surface area contributed by atoms with Crippen LogP contribution in [0, 0.1) is 5.92 Å². The van der Waals surface area contributed by atoms with E-state index < -0.39 is 13.7 Å². The first-order valence-corrected chi connectivity index (χ1v) is 10.3. The van der Waals surface area contributed by atoms with Crippen molar-refractivity contribution in [3.63, 3.8) is 0 Å². The summed E-state index contributed by atoms with van der Waals surface area (Å²) in [7, 11) is -4.64. The first-order chi connectivity index (χ1) is 12.7. The van der Waals surface area contributed by atoms with Crippen LogP contribution in [0.25, 0.3) is 0 Å². The maximum Gasteiger partial charge on any atom is 0.466 e. The summed E-state index contributed by atoms with van der Waals surface area (Å²) in [5.41, 5.74) is 3.34. The zero-order valence-corrected chi connectivity index (χ0v) is 16.8. The van der Waals surface area contributed by atoms with E-state index in [9.17, 15) is 9.59 Å². The summed E-state index contributed by atoms with van der Waals surface area (Å²) < 4.78 is 13.7. The second kappa shape index (κ2) is 13.4. The maximum absolute atomic E-state index is 12.1. The SMILES string of the molecule is CCCCC1C(=O)NN(c2ccccc2)C1=O.CCOCC.O=P(O)(O)O. The fourth-order valence-corrected chi connectivity index (χ4v) is 2.15. The largest absolute Gasteiger partial charge is 0.466 e. The van der Waals surface area contributed by atoms with Crippen LogP contribution >= 0.6 is 7.82 Å². The zero-order valence-electron chi connectivity index (χ0n) is 15.9. The maximum atomic E-state index is 12.1. The van der Waals surface area contributed by atoms with Crippen LogP contribution in [0.15, 0.2) is 30.3 Å². The lowest BCUT2D eigenvalue weighted by atomic mass is 10.0. The third kappa shape index (κ3) is 11.5. The van der Waals surface area contributed by atoms with Crippen molar-refractivity contribution < 1.29 is 33.6 Å². The van der Waals surface area contributed by atoms with Gasteiger partial charge in [0.05, 0.1) is 5.69 Å². The molecule has 1 heterocycles. The Labute approximate surface area is 159 Å². The summed E-state index contributed by atoms with van der Waals surface area (Å²) in [6.07, 6.45) is 2.51. The van der Waals surface area contributed by atoms with Crippen LogP contribution in [0.5, 0.6) is 0 Å². The van der Waals surface area contributed by atoms with Crippen molar-refractivity contribution in [2.24, 2.45) is 5.92 Å². The Bertz CT molecular complexity index is 596. The number of hydrogen-bond donors (Lipinski definition) is 4. The molecule has 10 heteroatoms. The number of nitrogens with one attached hydrogen (secondary N) is 1. The Morgan fingerprint density at radius 1 is 1.07 bits per heavy atom. The number of phosphoric acid groups is 1. The predicted octanol–water partition coefficient (Wildman–Crippen LogP) is 1.99. The topological polar surface area (TPSA) is 136 Å². The van der Waals surface area contributed by atoms with Gasteiger partial charge in [-0.05, 0) is 32.4 Å². The molecule has 0 aromatic heterocycles. The molecule has 1 aromatic rings. The third-order valence-corrected chi connectivity index (χ3v) is 3.33. The van der Waals surface area contributed by atoms with E-state index in [-0.39, 0.29) is 11.8 Å². The van der Waals surface area contributed by atoms with Crippen LogP contribution in [-0.4, -0.2) is 39.7 Å². The van der Waals surface area contributed by atoms with E-state index in [4.69, 9.17) is 24.0 Å². The number of nitrogens with zero attached hydrogens (tertiary/aromatic N) is 1. The van der Waals surface area contributed by atoms with Gasteiger partial charge in [-0.15, -0.1) is 0 Å². The van der Waals surface area contributed by atoms with Crippen molar-refractivity contribution in [3.8, 4) is 0 Å². The van der Waals surface area contributed by atoms with E-state index in [0.29, 0.717) is 12.1 Å². The van der Waals surface area contributed by atoms with Crippen LogP contribution in [0.3, 0.4) is 0 Å². The van der Waals surface area contributed by atoms with Crippen molar-refractivity contribution >= 4 is 25.3 Å². The first kappa shape index (κ1) is 25.2. The summed E-state index contributed by atoms with van der Waals surface area (Å²) in [5, 5.41) is 1.35. The van der Waals surface area contributed by atoms with E-state index >= 15 is 0 Å². The molecular formula is C17H29N2O7P. The molecule has 27 heavy (non-hydrogen) atoms. The van der Waals surface area contributed by atoms with Crippen LogP contribution in [0.4, 0.5) is 5.69 Å². The van der Waals surface area contributed by atoms with E-state index in [1.807, 2.05) is 39.0 Å². The van der Waals surface area contributed by atoms with Crippen LogP contribution in [0.2, 0.25) is 0 Å². The molecule has 0 saturated carbocycles. The highest BCUT2D eigenvalue weighted by molar-refractivity contribution is 7.45. The van der Waals surface area contributed by atoms with Crippen LogP contribution in [-0.2, 0) is 18.9 Å². The van der Waals surface area contributed by atoms with Gasteiger partial charge in [-0.1, -0.05) is 38.0 Å². The second-order valence-corrected chi connectivity index (χ2v) is 6.50. The molecule has 4 N–H and O–H groups in total. The molecule has 1 aliphatic heterocycles. The highest BCUT2D eigenvalue weighted by Crippen LogP contribution is 2.26. The van der Waals surface area contributed by atoms with E-state index in [2.05, 4.69) is 5.43 Å². The van der Waals surface area contributed by atoms with E-state index in [1.54, 1.807) is 12.1 Å². The average Bonchev–Trinajstić information content (AvgIpc) is 2.88. The predicted molar refractivity (Wildman–Crippen MR) is 102 cm³/mol. The molecule has 0 radical (unpaired) electrons. The molecule has 0 spiro atoms. The summed E-state index contributed by atoms with van der Waals surface area (Å²) in [5.74, 6) is -0.850. The van der Waals surface area contributed by atoms with Crippen LogP contribution in [0.1, 0.15) is 40.0 Å². The standard InChI is InChI=1S/C13H16N2O2.C4H10O.H3O4P/c1-2-3-9-11-12(16)14-15(13(11)17)10-7-5-4-6-8-10;1-3-5-4-2;1-5(2,3)4/h4-8,11H,2-3,9H2,1H3,(H,14,16);3-4H2,1-2H3;(H3,1,2,3,4). The first-order valence-electron chi connectivity index (χ1n) is 8.71. The minimum absolute atomic E-state index is 0.144. The molecule has 2 amide bonds. The molecule has 0 aliphatic carbocycles. The van der Waals surface area contributed by atoms with Crippen LogP contribution < -0.4 is 10.4 Å². The quantitative estimate of drug-likeness (QED) is 0.420. The van der Waals surface area contributed by atoms with Gasteiger partial charge in [-0.25, -0.2) is 9.57 Å². The lowest BCUT2D eigenvalue weighted by molar-refractivity contribution is -0.127. The van der Waals surface area contributed by atoms with Gasteiger partial charge in [-0.3, -0.25) is 15.0 Å². The second-order valence-electron chi connectivity index (χ2n) is 5.47. The number of hydrazine groups is 1. The molecule has 0 bridgehead atoms. The number of benzene rings is 1. The minimum Gasteiger partial charge on any atom is -0.382 e. The molecule has 1 saturated heterocycles. The molecule has 1 aromatic carbocycles. The van der Waals surface area contributed by atoms with Gasteiger partial charge < -0.3 is 19.4 Å². The lowest BCUT2D eigenvalue weighted by Crippen LogP contribution is -2.35. The monoisotopic (exact) mass is 404 g/mol. The molecule has 1 fully saturated rings.